The van der Waals surface area contributed by atoms with Gasteiger partial charge in [-0.3, -0.25) is 0 Å². The third-order valence-corrected chi connectivity index (χ3v) is 16.1. The van der Waals surface area contributed by atoms with E-state index in [1.54, 1.807) is 7.11 Å². The van der Waals surface area contributed by atoms with Crippen LogP contribution >= 0.6 is 0 Å². The Balaban J connectivity index is 1.72. The van der Waals surface area contributed by atoms with Crippen LogP contribution in [0.25, 0.3) is 16.0 Å². The van der Waals surface area contributed by atoms with Crippen LogP contribution in [0.4, 0.5) is 5.69 Å². The number of methoxy groups -OCH3 is 1. The maximum atomic E-state index is 13.4. The molecule has 11 heteroatoms. The number of hydrogen-bond donors (Lipinski definition) is 5. The molecule has 280 valence electrons. The molecule has 0 aromatic heterocycles. The molecule has 0 aliphatic heterocycles. The van der Waals surface area contributed by atoms with Crippen LogP contribution in [0.3, 0.4) is 0 Å². The summed E-state index contributed by atoms with van der Waals surface area (Å²) in [6.45, 7) is 15.2. The monoisotopic (exact) mass is 735 g/mol. The maximum Gasteiger partial charge on any atom is 0.261 e. The van der Waals surface area contributed by atoms with Gasteiger partial charge in [-0.25, -0.2) is 0 Å². The molecular weight excluding hydrogens is 683 g/mol. The molecule has 5 rings (SSSR count). The number of aliphatic hydroxyl groups excluding tert-OH is 1. The normalized spacial score (nSPS) is 24.9. The molecule has 0 heterocycles. The lowest BCUT2D eigenvalue weighted by atomic mass is 9.73. The molecule has 6 atom stereocenters. The van der Waals surface area contributed by atoms with E-state index >= 15 is 0 Å². The minimum atomic E-state index is -3.27. The first kappa shape index (κ1) is 39.7. The Bertz CT molecular complexity index is 1870. The molecule has 5 N–H and O–H groups in total. The summed E-state index contributed by atoms with van der Waals surface area (Å²) >= 11 is 0. The maximum absolute atomic E-state index is 13.4. The topological polar surface area (TPSA) is 152 Å². The van der Waals surface area contributed by atoms with E-state index < -0.39 is 48.3 Å². The number of nitrogens with one attached hydrogen (secondary N) is 2. The van der Waals surface area contributed by atoms with Crippen LogP contribution in [0, 0.1) is 0 Å². The van der Waals surface area contributed by atoms with Crippen molar-refractivity contribution >= 4 is 30.0 Å². The first-order chi connectivity index (χ1) is 25.1. The summed E-state index contributed by atoms with van der Waals surface area (Å²) < 4.78 is 12.7. The van der Waals surface area contributed by atoms with Crippen LogP contribution in [0.2, 0.25) is 5.04 Å². The van der Waals surface area contributed by atoms with Crippen molar-refractivity contribution in [2.24, 2.45) is 5.11 Å². The highest BCUT2D eigenvalue weighted by Gasteiger charge is 2.76. The molecule has 0 amide bonds. The zero-order valence-electron chi connectivity index (χ0n) is 31.7. The zero-order chi connectivity index (χ0) is 38.7. The third kappa shape index (κ3) is 7.02. The van der Waals surface area contributed by atoms with Crippen molar-refractivity contribution in [3.05, 3.63) is 137 Å². The second-order valence-electron chi connectivity index (χ2n) is 15.3. The molecule has 1 aliphatic rings. The summed E-state index contributed by atoms with van der Waals surface area (Å²) in [5, 5.41) is 51.0. The SMILES string of the molecule is C=C(C)c1cccc(N[C@H]2[C@H](N=[N+]=[N-])[C@@](NCc3ccc(OC)cc3)([C@H](C)O)[C@@](C)(O)[C@@]2(O)CO[Si](c2ccccc2)(c2ccccc2)C(C)(C)C)c1. The summed E-state index contributed by atoms with van der Waals surface area (Å²) in [7, 11) is -1.69. The quantitative estimate of drug-likeness (QED) is 0.0450. The second kappa shape index (κ2) is 15.5. The molecule has 1 saturated carbocycles. The molecule has 0 unspecified atom stereocenters. The number of azide groups is 1. The predicted molar refractivity (Wildman–Crippen MR) is 215 cm³/mol. The molecule has 4 aromatic carbocycles. The van der Waals surface area contributed by atoms with E-state index in [1.807, 2.05) is 91.9 Å². The van der Waals surface area contributed by atoms with Crippen LogP contribution in [-0.2, 0) is 11.0 Å². The average Bonchev–Trinajstić information content (AvgIpc) is 3.27. The lowest BCUT2D eigenvalue weighted by Gasteiger charge is -2.51. The molecule has 0 saturated heterocycles. The number of ether oxygens (including phenoxy) is 1. The first-order valence-corrected chi connectivity index (χ1v) is 19.8. The van der Waals surface area contributed by atoms with Gasteiger partial charge in [0.05, 0.1) is 37.4 Å². The number of hydrogen-bond acceptors (Lipinski definition) is 8. The summed E-state index contributed by atoms with van der Waals surface area (Å²) in [6.07, 6.45) is -1.33. The summed E-state index contributed by atoms with van der Waals surface area (Å²) in [5.74, 6) is 0.676. The van der Waals surface area contributed by atoms with E-state index in [0.717, 1.165) is 27.1 Å². The summed E-state index contributed by atoms with van der Waals surface area (Å²) in [6, 6.07) is 32.5. The van der Waals surface area contributed by atoms with Gasteiger partial charge in [-0.2, -0.15) is 0 Å². The van der Waals surface area contributed by atoms with Gasteiger partial charge in [-0.15, -0.1) is 0 Å². The van der Waals surface area contributed by atoms with Crippen molar-refractivity contribution < 1.29 is 24.5 Å². The van der Waals surface area contributed by atoms with Crippen LogP contribution in [0.1, 0.15) is 52.7 Å². The predicted octanol–water partition coefficient (Wildman–Crippen LogP) is 6.17. The van der Waals surface area contributed by atoms with Crippen molar-refractivity contribution in [3.63, 3.8) is 0 Å². The van der Waals surface area contributed by atoms with E-state index in [2.05, 4.69) is 72.3 Å². The highest BCUT2D eigenvalue weighted by Crippen LogP contribution is 2.52. The Morgan fingerprint density at radius 1 is 0.962 bits per heavy atom. The Kier molecular flexibility index (Phi) is 11.6. The van der Waals surface area contributed by atoms with Gasteiger partial charge in [-0.05, 0) is 77.1 Å². The highest BCUT2D eigenvalue weighted by molar-refractivity contribution is 6.99. The van der Waals surface area contributed by atoms with E-state index in [9.17, 15) is 20.9 Å². The molecule has 1 fully saturated rings. The Labute approximate surface area is 314 Å². The lowest BCUT2D eigenvalue weighted by molar-refractivity contribution is -0.186. The molecule has 4 aromatic rings. The van der Waals surface area contributed by atoms with Gasteiger partial charge >= 0.3 is 0 Å². The van der Waals surface area contributed by atoms with Crippen molar-refractivity contribution in [1.29, 1.82) is 0 Å². The van der Waals surface area contributed by atoms with E-state index in [1.165, 1.54) is 13.8 Å². The molecule has 53 heavy (non-hydrogen) atoms. The number of rotatable bonds is 14. The Morgan fingerprint density at radius 2 is 1.55 bits per heavy atom. The van der Waals surface area contributed by atoms with E-state index in [4.69, 9.17) is 9.16 Å². The summed E-state index contributed by atoms with van der Waals surface area (Å²) in [5.41, 5.74) is 7.10. The van der Waals surface area contributed by atoms with Crippen molar-refractivity contribution in [3.8, 4) is 5.75 Å². The fourth-order valence-corrected chi connectivity index (χ4v) is 12.8. The largest absolute Gasteiger partial charge is 0.497 e. The molecule has 0 radical (unpaired) electrons. The van der Waals surface area contributed by atoms with E-state index in [-0.39, 0.29) is 13.2 Å². The van der Waals surface area contributed by atoms with E-state index in [0.29, 0.717) is 11.4 Å². The summed E-state index contributed by atoms with van der Waals surface area (Å²) in [4.78, 5) is 3.23. The van der Waals surface area contributed by atoms with Crippen molar-refractivity contribution in [2.45, 2.75) is 88.1 Å². The van der Waals surface area contributed by atoms with Gasteiger partial charge in [0.15, 0.2) is 0 Å². The number of allylic oxidation sites excluding steroid dienone is 1. The van der Waals surface area contributed by atoms with Gasteiger partial charge in [0.25, 0.3) is 8.32 Å². The molecule has 0 bridgehead atoms. The van der Waals surface area contributed by atoms with Crippen LogP contribution in [-0.4, -0.2) is 72.3 Å². The minimum Gasteiger partial charge on any atom is -0.497 e. The molecular formula is C42H53N5O5Si. The Hall–Kier alpha value is -4.45. The second-order valence-corrected chi connectivity index (χ2v) is 19.6. The highest BCUT2D eigenvalue weighted by atomic mass is 28.4. The fraction of sp³-hybridized carbons (Fsp3) is 0.381. The molecule has 10 nitrogen and oxygen atoms in total. The average molecular weight is 736 g/mol. The minimum absolute atomic E-state index is 0.159. The number of benzene rings is 4. The smallest absolute Gasteiger partial charge is 0.261 e. The third-order valence-electron chi connectivity index (χ3n) is 11.1. The zero-order valence-corrected chi connectivity index (χ0v) is 32.7. The fourth-order valence-electron chi connectivity index (χ4n) is 8.22. The van der Waals surface area contributed by atoms with Gasteiger partial charge in [0.2, 0.25) is 0 Å². The number of aliphatic hydroxyl groups is 3. The van der Waals surface area contributed by atoms with Crippen molar-refractivity contribution in [1.82, 2.24) is 5.32 Å². The first-order valence-electron chi connectivity index (χ1n) is 17.9. The van der Waals surface area contributed by atoms with Gasteiger partial charge < -0.3 is 35.1 Å². The van der Waals surface area contributed by atoms with Gasteiger partial charge in [0, 0.05) is 17.1 Å². The van der Waals surface area contributed by atoms with Crippen LogP contribution in [0.5, 0.6) is 5.75 Å². The van der Waals surface area contributed by atoms with Gasteiger partial charge in [0.1, 0.15) is 17.0 Å². The Morgan fingerprint density at radius 3 is 2.04 bits per heavy atom. The lowest BCUT2D eigenvalue weighted by Crippen LogP contribution is -2.75. The standard InChI is InChI=1S/C42H53N5O5Si/c1-29(2)32-16-15-17-33(26-32)45-37-38(46-47-43)42(30(3)48,44-27-31-22-24-34(51-8)25-23-31)40(7,49)41(37,50)28-52-53(39(4,5)6,35-18-11-9-12-19-35)36-20-13-10-14-21-36/h9-26,30,37-38,44-45,48-50H,1,27-28H2,2-8H3/t30-,37-,38-,40-,41+,42-/m0/s1. The number of nitrogens with zero attached hydrogens (tertiary/aromatic N) is 3. The van der Waals surface area contributed by atoms with Gasteiger partial charge in [-0.1, -0.05) is 123 Å². The number of anilines is 1. The van der Waals surface area contributed by atoms with Crippen LogP contribution in [0.15, 0.2) is 121 Å². The van der Waals surface area contributed by atoms with Crippen LogP contribution < -0.4 is 25.7 Å². The molecule has 0 spiro atoms. The molecule has 1 aliphatic carbocycles. The van der Waals surface area contributed by atoms with Crippen molar-refractivity contribution in [2.75, 3.05) is 19.0 Å².